The van der Waals surface area contributed by atoms with E-state index in [1.54, 1.807) is 0 Å². The molecule has 0 bridgehead atoms. The molecular formula is C15H19FN2OS. The fraction of sp³-hybridized carbons (Fsp3) is 0.467. The SMILES string of the molecule is CC1CCC(NC(=O)c2ccc(F)cc2)(C(N)=S)CC1. The van der Waals surface area contributed by atoms with Gasteiger partial charge in [0.1, 0.15) is 5.82 Å². The van der Waals surface area contributed by atoms with Crippen LogP contribution in [0.5, 0.6) is 0 Å². The lowest BCUT2D eigenvalue weighted by Gasteiger charge is -2.39. The Kier molecular flexibility index (Phi) is 4.38. The third-order valence-electron chi connectivity index (χ3n) is 4.06. The van der Waals surface area contributed by atoms with Gasteiger partial charge in [-0.2, -0.15) is 0 Å². The second-order valence-corrected chi connectivity index (χ2v) is 6.03. The molecule has 1 aliphatic rings. The van der Waals surface area contributed by atoms with Gasteiger partial charge in [-0.3, -0.25) is 4.79 Å². The van der Waals surface area contributed by atoms with Gasteiger partial charge in [-0.1, -0.05) is 19.1 Å². The van der Waals surface area contributed by atoms with E-state index in [1.165, 1.54) is 24.3 Å². The number of hydrogen-bond acceptors (Lipinski definition) is 2. The first-order chi connectivity index (χ1) is 9.43. The Morgan fingerprint density at radius 3 is 2.40 bits per heavy atom. The van der Waals surface area contributed by atoms with E-state index in [2.05, 4.69) is 12.2 Å². The molecule has 1 aliphatic carbocycles. The molecule has 0 heterocycles. The number of amides is 1. The molecule has 1 aromatic carbocycles. The second-order valence-electron chi connectivity index (χ2n) is 5.59. The molecule has 0 aliphatic heterocycles. The van der Waals surface area contributed by atoms with Gasteiger partial charge in [0.25, 0.3) is 5.91 Å². The van der Waals surface area contributed by atoms with E-state index in [9.17, 15) is 9.18 Å². The molecule has 0 aromatic heterocycles. The van der Waals surface area contributed by atoms with Crippen LogP contribution in [0.2, 0.25) is 0 Å². The zero-order chi connectivity index (χ0) is 14.8. The van der Waals surface area contributed by atoms with Crippen molar-refractivity contribution in [3.05, 3.63) is 35.6 Å². The molecule has 0 saturated heterocycles. The van der Waals surface area contributed by atoms with Crippen LogP contribution < -0.4 is 11.1 Å². The molecule has 1 saturated carbocycles. The Morgan fingerprint density at radius 2 is 1.90 bits per heavy atom. The predicted octanol–water partition coefficient (Wildman–Crippen LogP) is 2.79. The van der Waals surface area contributed by atoms with Crippen LogP contribution in [0, 0.1) is 11.7 Å². The molecule has 20 heavy (non-hydrogen) atoms. The monoisotopic (exact) mass is 294 g/mol. The Balaban J connectivity index is 2.14. The van der Waals surface area contributed by atoms with E-state index in [4.69, 9.17) is 18.0 Å². The predicted molar refractivity (Wildman–Crippen MR) is 81.0 cm³/mol. The summed E-state index contributed by atoms with van der Waals surface area (Å²) in [5.41, 5.74) is 5.67. The number of hydrogen-bond donors (Lipinski definition) is 2. The number of nitrogens with two attached hydrogens (primary N) is 1. The third kappa shape index (κ3) is 3.15. The molecule has 0 radical (unpaired) electrons. The average Bonchev–Trinajstić information content (AvgIpc) is 2.42. The molecule has 1 aromatic rings. The largest absolute Gasteiger partial charge is 0.391 e. The topological polar surface area (TPSA) is 55.1 Å². The highest BCUT2D eigenvalue weighted by Gasteiger charge is 2.38. The first-order valence-electron chi connectivity index (χ1n) is 6.81. The maximum atomic E-state index is 12.9. The van der Waals surface area contributed by atoms with Gasteiger partial charge < -0.3 is 11.1 Å². The fourth-order valence-corrected chi connectivity index (χ4v) is 2.83. The molecule has 1 amide bonds. The first kappa shape index (κ1) is 14.9. The van der Waals surface area contributed by atoms with Crippen molar-refractivity contribution in [2.24, 2.45) is 11.7 Å². The van der Waals surface area contributed by atoms with Crippen molar-refractivity contribution in [2.75, 3.05) is 0 Å². The minimum absolute atomic E-state index is 0.257. The highest BCUT2D eigenvalue weighted by Crippen LogP contribution is 2.32. The van der Waals surface area contributed by atoms with Gasteiger partial charge in [0.05, 0.1) is 10.5 Å². The van der Waals surface area contributed by atoms with Gasteiger partial charge in [0, 0.05) is 5.56 Å². The molecule has 3 nitrogen and oxygen atoms in total. The van der Waals surface area contributed by atoms with E-state index in [-0.39, 0.29) is 11.7 Å². The maximum absolute atomic E-state index is 12.9. The van der Waals surface area contributed by atoms with Gasteiger partial charge in [-0.15, -0.1) is 0 Å². The number of halogens is 1. The molecule has 1 fully saturated rings. The van der Waals surface area contributed by atoms with Crippen LogP contribution >= 0.6 is 12.2 Å². The first-order valence-corrected chi connectivity index (χ1v) is 7.22. The summed E-state index contributed by atoms with van der Waals surface area (Å²) in [7, 11) is 0. The van der Waals surface area contributed by atoms with E-state index in [0.717, 1.165) is 25.7 Å². The van der Waals surface area contributed by atoms with Gasteiger partial charge in [0.15, 0.2) is 0 Å². The lowest BCUT2D eigenvalue weighted by molar-refractivity contribution is 0.0900. The average molecular weight is 294 g/mol. The number of carbonyl (C=O) groups excluding carboxylic acids is 1. The standard InChI is InChI=1S/C15H19FN2OS/c1-10-6-8-15(9-7-10,14(17)20)18-13(19)11-2-4-12(16)5-3-11/h2-5,10H,6-9H2,1H3,(H2,17,20)(H,18,19). The van der Waals surface area contributed by atoms with Crippen molar-refractivity contribution < 1.29 is 9.18 Å². The summed E-state index contributed by atoms with van der Waals surface area (Å²) in [6, 6.07) is 5.46. The smallest absolute Gasteiger partial charge is 0.252 e. The number of benzene rings is 1. The van der Waals surface area contributed by atoms with Crippen LogP contribution in [0.3, 0.4) is 0 Å². The minimum atomic E-state index is -0.604. The Labute approximate surface area is 123 Å². The van der Waals surface area contributed by atoms with E-state index >= 15 is 0 Å². The van der Waals surface area contributed by atoms with Crippen LogP contribution in [0.4, 0.5) is 4.39 Å². The van der Waals surface area contributed by atoms with Crippen molar-refractivity contribution in [2.45, 2.75) is 38.1 Å². The van der Waals surface area contributed by atoms with Crippen molar-refractivity contribution in [1.29, 1.82) is 0 Å². The highest BCUT2D eigenvalue weighted by atomic mass is 32.1. The van der Waals surface area contributed by atoms with Crippen molar-refractivity contribution in [3.63, 3.8) is 0 Å². The van der Waals surface area contributed by atoms with Gasteiger partial charge in [-0.25, -0.2) is 4.39 Å². The molecule has 0 atom stereocenters. The summed E-state index contributed by atoms with van der Waals surface area (Å²) >= 11 is 5.16. The summed E-state index contributed by atoms with van der Waals surface area (Å²) in [4.78, 5) is 12.6. The van der Waals surface area contributed by atoms with Crippen LogP contribution in [0.25, 0.3) is 0 Å². The highest BCUT2D eigenvalue weighted by molar-refractivity contribution is 7.80. The summed E-state index contributed by atoms with van der Waals surface area (Å²) in [6.45, 7) is 2.19. The zero-order valence-electron chi connectivity index (χ0n) is 11.5. The van der Waals surface area contributed by atoms with Crippen molar-refractivity contribution in [3.8, 4) is 0 Å². The molecule has 108 valence electrons. The molecular weight excluding hydrogens is 275 g/mol. The second kappa shape index (κ2) is 5.87. The van der Waals surface area contributed by atoms with Gasteiger partial charge in [0.2, 0.25) is 0 Å². The number of nitrogens with one attached hydrogen (secondary N) is 1. The Hall–Kier alpha value is -1.49. The molecule has 3 N–H and O–H groups in total. The maximum Gasteiger partial charge on any atom is 0.252 e. The van der Waals surface area contributed by atoms with Crippen molar-refractivity contribution in [1.82, 2.24) is 5.32 Å². The Morgan fingerprint density at radius 1 is 1.35 bits per heavy atom. The van der Waals surface area contributed by atoms with Crippen LogP contribution in [-0.4, -0.2) is 16.4 Å². The van der Waals surface area contributed by atoms with E-state index < -0.39 is 5.54 Å². The quantitative estimate of drug-likeness (QED) is 0.843. The van der Waals surface area contributed by atoms with Crippen LogP contribution in [0.15, 0.2) is 24.3 Å². The fourth-order valence-electron chi connectivity index (χ4n) is 2.58. The summed E-state index contributed by atoms with van der Waals surface area (Å²) < 4.78 is 12.9. The Bertz CT molecular complexity index is 507. The number of thiocarbonyl (C=S) groups is 1. The van der Waals surface area contributed by atoms with Gasteiger partial charge in [-0.05, 0) is 55.9 Å². The third-order valence-corrected chi connectivity index (χ3v) is 4.45. The number of rotatable bonds is 3. The lowest BCUT2D eigenvalue weighted by Crippen LogP contribution is -2.58. The lowest BCUT2D eigenvalue weighted by atomic mass is 9.77. The van der Waals surface area contributed by atoms with Crippen LogP contribution in [0.1, 0.15) is 43.0 Å². The normalized spacial score (nSPS) is 26.0. The minimum Gasteiger partial charge on any atom is -0.391 e. The number of carbonyl (C=O) groups is 1. The van der Waals surface area contributed by atoms with E-state index in [0.29, 0.717) is 16.5 Å². The van der Waals surface area contributed by atoms with Crippen LogP contribution in [-0.2, 0) is 0 Å². The molecule has 0 spiro atoms. The summed E-state index contributed by atoms with van der Waals surface area (Å²) in [5.74, 6) is 0.00431. The molecule has 2 rings (SSSR count). The summed E-state index contributed by atoms with van der Waals surface area (Å²) in [6.07, 6.45) is 3.49. The molecule has 5 heteroatoms. The summed E-state index contributed by atoms with van der Waals surface area (Å²) in [5, 5.41) is 2.96. The zero-order valence-corrected chi connectivity index (χ0v) is 12.3. The van der Waals surface area contributed by atoms with E-state index in [1.807, 2.05) is 0 Å². The molecule has 0 unspecified atom stereocenters. The van der Waals surface area contributed by atoms with Gasteiger partial charge >= 0.3 is 0 Å². The van der Waals surface area contributed by atoms with Crippen molar-refractivity contribution >= 4 is 23.1 Å².